The molecule has 0 saturated carbocycles. The smallest absolute Gasteiger partial charge is 0.240 e. The van der Waals surface area contributed by atoms with Crippen LogP contribution in [0.15, 0.2) is 48.5 Å². The zero-order chi connectivity index (χ0) is 23.3. The molecule has 182 valence electrons. The van der Waals surface area contributed by atoms with Crippen molar-refractivity contribution in [2.45, 2.75) is 26.1 Å². The van der Waals surface area contributed by atoms with Crippen molar-refractivity contribution in [3.63, 3.8) is 0 Å². The van der Waals surface area contributed by atoms with Gasteiger partial charge in [-0.2, -0.15) is 0 Å². The van der Waals surface area contributed by atoms with E-state index in [0.29, 0.717) is 32.9 Å². The summed E-state index contributed by atoms with van der Waals surface area (Å²) in [6, 6.07) is 17.0. The second kappa shape index (κ2) is 10.8. The summed E-state index contributed by atoms with van der Waals surface area (Å²) >= 11 is 0. The van der Waals surface area contributed by atoms with Gasteiger partial charge in [-0.15, -0.1) is 0 Å². The molecule has 3 heterocycles. The fourth-order valence-electron chi connectivity index (χ4n) is 5.18. The maximum atomic E-state index is 13.3. The van der Waals surface area contributed by atoms with Gasteiger partial charge in [-0.25, -0.2) is 0 Å². The van der Waals surface area contributed by atoms with E-state index in [0.717, 1.165) is 57.1 Å². The van der Waals surface area contributed by atoms with E-state index in [9.17, 15) is 4.79 Å². The van der Waals surface area contributed by atoms with E-state index in [1.54, 1.807) is 0 Å². The van der Waals surface area contributed by atoms with Gasteiger partial charge in [-0.3, -0.25) is 14.6 Å². The van der Waals surface area contributed by atoms with E-state index >= 15 is 0 Å². The lowest BCUT2D eigenvalue weighted by Gasteiger charge is -2.36. The number of anilines is 1. The second-order valence-electron chi connectivity index (χ2n) is 9.47. The van der Waals surface area contributed by atoms with E-state index in [2.05, 4.69) is 63.2 Å². The van der Waals surface area contributed by atoms with Crippen LogP contribution in [0.5, 0.6) is 5.75 Å². The van der Waals surface area contributed by atoms with Gasteiger partial charge >= 0.3 is 0 Å². The fourth-order valence-corrected chi connectivity index (χ4v) is 5.18. The maximum Gasteiger partial charge on any atom is 0.240 e. The third-order valence-corrected chi connectivity index (χ3v) is 7.27. The highest BCUT2D eigenvalue weighted by molar-refractivity contribution is 5.81. The molecule has 0 N–H and O–H groups in total. The van der Waals surface area contributed by atoms with Crippen molar-refractivity contribution >= 4 is 11.6 Å². The minimum absolute atomic E-state index is 0.130. The fraction of sp³-hybridized carbons (Fsp3) is 0.519. The molecule has 1 atom stereocenters. The van der Waals surface area contributed by atoms with E-state index in [1.165, 1.54) is 11.3 Å². The van der Waals surface area contributed by atoms with Gasteiger partial charge in [0.15, 0.2) is 0 Å². The third-order valence-electron chi connectivity index (χ3n) is 7.27. The summed E-state index contributed by atoms with van der Waals surface area (Å²) in [5.74, 6) is 1.09. The molecular weight excluding hydrogens is 428 g/mol. The number of piperazine rings is 1. The number of carbonyl (C=O) groups is 1. The molecule has 1 unspecified atom stereocenters. The molecule has 0 aromatic heterocycles. The Morgan fingerprint density at radius 1 is 0.912 bits per heavy atom. The molecule has 2 fully saturated rings. The minimum Gasteiger partial charge on any atom is -0.491 e. The molecule has 34 heavy (non-hydrogen) atoms. The number of hydrogen-bond acceptors (Lipinski definition) is 6. The summed E-state index contributed by atoms with van der Waals surface area (Å²) < 4.78 is 11.5. The van der Waals surface area contributed by atoms with Crippen LogP contribution in [0, 0.1) is 0 Å². The predicted octanol–water partition coefficient (Wildman–Crippen LogP) is 2.45. The van der Waals surface area contributed by atoms with Crippen molar-refractivity contribution in [3.8, 4) is 5.75 Å². The monoisotopic (exact) mass is 464 g/mol. The van der Waals surface area contributed by atoms with Gasteiger partial charge in [-0.1, -0.05) is 24.3 Å². The maximum absolute atomic E-state index is 13.3. The first-order valence-corrected chi connectivity index (χ1v) is 12.5. The number of amides is 1. The number of fused-ring (bicyclic) bond motifs is 1. The second-order valence-corrected chi connectivity index (χ2v) is 9.47. The Bertz CT molecular complexity index is 956. The van der Waals surface area contributed by atoms with Crippen LogP contribution in [0.2, 0.25) is 0 Å². The zero-order valence-corrected chi connectivity index (χ0v) is 20.2. The molecule has 2 aromatic carbocycles. The van der Waals surface area contributed by atoms with Crippen LogP contribution in [-0.2, 0) is 22.6 Å². The van der Waals surface area contributed by atoms with Crippen molar-refractivity contribution < 1.29 is 14.3 Å². The number of benzene rings is 2. The average Bonchev–Trinajstić information content (AvgIpc) is 3.11. The number of rotatable bonds is 5. The van der Waals surface area contributed by atoms with Gasteiger partial charge in [0.2, 0.25) is 5.91 Å². The van der Waals surface area contributed by atoms with Crippen molar-refractivity contribution in [1.29, 1.82) is 0 Å². The summed E-state index contributed by atoms with van der Waals surface area (Å²) in [6.45, 7) is 11.9. The molecule has 0 bridgehead atoms. The van der Waals surface area contributed by atoms with Crippen LogP contribution in [0.25, 0.3) is 0 Å². The zero-order valence-electron chi connectivity index (χ0n) is 20.2. The highest BCUT2D eigenvalue weighted by Gasteiger charge is 2.29. The number of hydrogen-bond donors (Lipinski definition) is 0. The van der Waals surface area contributed by atoms with Gasteiger partial charge in [0.1, 0.15) is 12.4 Å². The normalized spacial score (nSPS) is 20.9. The lowest BCUT2D eigenvalue weighted by atomic mass is 10.1. The third kappa shape index (κ3) is 5.37. The van der Waals surface area contributed by atoms with Gasteiger partial charge < -0.3 is 19.3 Å². The Hall–Kier alpha value is -2.61. The van der Waals surface area contributed by atoms with E-state index < -0.39 is 0 Å². The molecule has 3 aliphatic rings. The Morgan fingerprint density at radius 2 is 1.68 bits per heavy atom. The van der Waals surface area contributed by atoms with E-state index in [4.69, 9.17) is 9.47 Å². The van der Waals surface area contributed by atoms with E-state index in [1.807, 2.05) is 11.8 Å². The topological polar surface area (TPSA) is 48.5 Å². The lowest BCUT2D eigenvalue weighted by molar-refractivity contribution is -0.138. The molecule has 2 saturated heterocycles. The molecule has 0 aliphatic carbocycles. The quantitative estimate of drug-likeness (QED) is 0.678. The SMILES string of the molecule is CC(C(=O)N1CCOc2ccc(CN3CCN(c4ccccc4)CC3)cc2C1)N1CCOCC1. The summed E-state index contributed by atoms with van der Waals surface area (Å²) in [6.07, 6.45) is 0. The Morgan fingerprint density at radius 3 is 2.44 bits per heavy atom. The standard InChI is InChI=1S/C27H36N4O3/c1-22(29-13-16-33-17-14-29)27(32)31-15-18-34-26-8-7-23(19-24(26)21-31)20-28-9-11-30(12-10-28)25-5-3-2-4-6-25/h2-8,19,22H,9-18,20-21H2,1H3. The molecule has 0 radical (unpaired) electrons. The summed E-state index contributed by atoms with van der Waals surface area (Å²) in [4.78, 5) is 22.5. The predicted molar refractivity (Wildman–Crippen MR) is 133 cm³/mol. The highest BCUT2D eigenvalue weighted by atomic mass is 16.5. The first kappa shape index (κ1) is 23.1. The van der Waals surface area contributed by atoms with Crippen LogP contribution < -0.4 is 9.64 Å². The number of carbonyl (C=O) groups excluding carboxylic acids is 1. The van der Waals surface area contributed by atoms with Crippen LogP contribution in [0.1, 0.15) is 18.1 Å². The molecular formula is C27H36N4O3. The van der Waals surface area contributed by atoms with Gasteiger partial charge in [0, 0.05) is 63.6 Å². The number of nitrogens with zero attached hydrogens (tertiary/aromatic N) is 4. The molecule has 7 nitrogen and oxygen atoms in total. The van der Waals surface area contributed by atoms with Crippen molar-refractivity contribution in [1.82, 2.24) is 14.7 Å². The summed E-state index contributed by atoms with van der Waals surface area (Å²) in [5, 5.41) is 0. The molecule has 1 amide bonds. The first-order valence-electron chi connectivity index (χ1n) is 12.5. The number of ether oxygens (including phenoxy) is 2. The van der Waals surface area contributed by atoms with Crippen LogP contribution in [0.3, 0.4) is 0 Å². The molecule has 7 heteroatoms. The molecule has 3 aliphatic heterocycles. The van der Waals surface area contributed by atoms with Crippen LogP contribution in [0.4, 0.5) is 5.69 Å². The molecule has 2 aromatic rings. The van der Waals surface area contributed by atoms with Crippen LogP contribution >= 0.6 is 0 Å². The van der Waals surface area contributed by atoms with Gasteiger partial charge in [0.25, 0.3) is 0 Å². The molecule has 5 rings (SSSR count). The highest BCUT2D eigenvalue weighted by Crippen LogP contribution is 2.26. The number of para-hydroxylation sites is 1. The van der Waals surface area contributed by atoms with Crippen molar-refractivity contribution in [3.05, 3.63) is 59.7 Å². The van der Waals surface area contributed by atoms with Crippen molar-refractivity contribution in [2.24, 2.45) is 0 Å². The Labute approximate surface area is 202 Å². The summed E-state index contributed by atoms with van der Waals surface area (Å²) in [5.41, 5.74) is 3.70. The molecule has 0 spiro atoms. The largest absolute Gasteiger partial charge is 0.491 e. The first-order chi connectivity index (χ1) is 16.7. The Balaban J connectivity index is 1.20. The lowest BCUT2D eigenvalue weighted by Crippen LogP contribution is -2.51. The average molecular weight is 465 g/mol. The minimum atomic E-state index is -0.130. The summed E-state index contributed by atoms with van der Waals surface area (Å²) in [7, 11) is 0. The van der Waals surface area contributed by atoms with Crippen LogP contribution in [-0.4, -0.2) is 92.3 Å². The Kier molecular flexibility index (Phi) is 7.33. The van der Waals surface area contributed by atoms with Gasteiger partial charge in [0.05, 0.1) is 25.8 Å². The number of morpholine rings is 1. The van der Waals surface area contributed by atoms with Gasteiger partial charge in [-0.05, 0) is 36.8 Å². The van der Waals surface area contributed by atoms with Crippen molar-refractivity contribution in [2.75, 3.05) is 70.5 Å². The van der Waals surface area contributed by atoms with E-state index in [-0.39, 0.29) is 11.9 Å².